The highest BCUT2D eigenvalue weighted by Gasteiger charge is 2.53. The molecule has 0 unspecified atom stereocenters. The van der Waals surface area contributed by atoms with Crippen LogP contribution in [0.3, 0.4) is 0 Å². The minimum atomic E-state index is -1.84. The van der Waals surface area contributed by atoms with Crippen molar-refractivity contribution in [3.05, 3.63) is 41.7 Å². The molecule has 394 valence electrons. The van der Waals surface area contributed by atoms with Crippen LogP contribution in [0.5, 0.6) is 0 Å². The number of aromatic amines is 1. The van der Waals surface area contributed by atoms with E-state index in [1.165, 1.54) is 14.0 Å². The molecule has 21 heteroatoms. The Kier molecular flexibility index (Phi) is 18.4. The average Bonchev–Trinajstić information content (AvgIpc) is 4.02. The Morgan fingerprint density at radius 3 is 2.30 bits per heavy atom. The fraction of sp³-hybridized carbons (Fsp3) is 0.796. The van der Waals surface area contributed by atoms with Crippen molar-refractivity contribution in [1.82, 2.24) is 45.4 Å². The first-order valence-corrected chi connectivity index (χ1v) is 24.9. The Balaban J connectivity index is 1.25. The summed E-state index contributed by atoms with van der Waals surface area (Å²) < 4.78 is 40.1. The molecule has 0 amide bonds. The van der Waals surface area contributed by atoms with Crippen LogP contribution in [0.1, 0.15) is 106 Å². The molecule has 3 aliphatic rings. The van der Waals surface area contributed by atoms with Gasteiger partial charge in [-0.1, -0.05) is 50.3 Å². The molecule has 18 atom stereocenters. The number of carbonyl (C=O) groups excluding carboxylic acids is 1. The number of carbonyl (C=O) groups is 1. The number of benzene rings is 1. The van der Waals surface area contributed by atoms with E-state index in [0.717, 1.165) is 16.8 Å². The summed E-state index contributed by atoms with van der Waals surface area (Å²) in [5.74, 6) is -2.26. The molecule has 70 heavy (non-hydrogen) atoms. The maximum atomic E-state index is 14.5. The normalized spacial score (nSPS) is 39.9. The molecule has 3 saturated heterocycles. The second-order valence-corrected chi connectivity index (χ2v) is 21.3. The van der Waals surface area contributed by atoms with Crippen LogP contribution >= 0.6 is 0 Å². The van der Waals surface area contributed by atoms with Crippen LogP contribution in [0.2, 0.25) is 0 Å². The summed E-state index contributed by atoms with van der Waals surface area (Å²) in [6.45, 7) is 19.0. The zero-order valence-corrected chi connectivity index (χ0v) is 43.4. The predicted octanol–water partition coefficient (Wildman–Crippen LogP) is 2.33. The topological polar surface area (TPSA) is 265 Å². The maximum Gasteiger partial charge on any atom is 0.311 e. The van der Waals surface area contributed by atoms with E-state index in [0.29, 0.717) is 38.3 Å². The highest BCUT2D eigenvalue weighted by molar-refractivity contribution is 5.73. The summed E-state index contributed by atoms with van der Waals surface area (Å²) in [5.41, 5.74) is -1.87. The number of ether oxygens (including phenoxy) is 6. The molecular weight excluding hydrogens is 907 g/mol. The van der Waals surface area contributed by atoms with Crippen molar-refractivity contribution >= 4 is 5.97 Å². The van der Waals surface area contributed by atoms with Crippen LogP contribution < -0.4 is 0 Å². The first kappa shape index (κ1) is 55.7. The minimum Gasteiger partial charge on any atom is -0.459 e. The van der Waals surface area contributed by atoms with Gasteiger partial charge in [0.25, 0.3) is 0 Å². The van der Waals surface area contributed by atoms with Gasteiger partial charge in [0.15, 0.2) is 12.6 Å². The standard InChI is InChI=1S/C49H81N9O12/c1-14-37-49(10,64)41(60)31(6)57(12)24-27(2)22-47(8,63)43(29(4)40(30(5)45(62)68-37)69-38-23-48(9,65-13)42(61)32(7)67-38)70-46-39(59)36(21-28(3)66-46)56(11)20-19-35-26-58(55-50-35)25-33-15-17-34(18-16-33)44-51-53-54-52-44/h15-18,26-32,36-43,46,59-61,63-64H,14,19-25H2,1-13H3,(H,51,52,53,54)/t27-,28-,29+,30-,31-,32+,36+,37-,38+,39-,40+,41-,42+,43-,46+,47-,48-,49-/m1/s1. The molecule has 0 aliphatic carbocycles. The molecule has 6 N–H and O–H groups in total. The highest BCUT2D eigenvalue weighted by Crippen LogP contribution is 2.40. The number of tetrazole rings is 1. The lowest BCUT2D eigenvalue weighted by Gasteiger charge is -2.49. The van der Waals surface area contributed by atoms with Crippen LogP contribution in [0, 0.1) is 17.8 Å². The zero-order valence-electron chi connectivity index (χ0n) is 43.4. The van der Waals surface area contributed by atoms with Crippen molar-refractivity contribution < 1.29 is 58.7 Å². The second kappa shape index (κ2) is 23.1. The number of rotatable bonds is 13. The average molecular weight is 988 g/mol. The van der Waals surface area contributed by atoms with Crippen LogP contribution in [0.15, 0.2) is 30.5 Å². The SMILES string of the molecule is CC[C@H]1OC(=O)[C@H](C)[C@@H](O[C@H]2C[C@@](C)(OC)[C@@H](O)[C@H](C)O2)[C@H](C)[C@@H](O[C@@H]2O[C@H](C)C[C@H](N(C)CCc3cn(Cc4ccc(-c5nn[nH]n5)cc4)nn3)[C@H]2O)[C@](C)(O)C[C@@H](C)CN(C)[C@H](C)[C@@H](O)[C@]1(C)O. The van der Waals surface area contributed by atoms with Gasteiger partial charge in [-0.15, -0.1) is 15.3 Å². The van der Waals surface area contributed by atoms with Gasteiger partial charge < -0.3 is 63.8 Å². The van der Waals surface area contributed by atoms with Crippen LogP contribution in [0.25, 0.3) is 11.4 Å². The molecule has 0 spiro atoms. The lowest BCUT2D eigenvalue weighted by Crippen LogP contribution is -2.61. The van der Waals surface area contributed by atoms with Gasteiger partial charge in [-0.3, -0.25) is 4.79 Å². The lowest BCUT2D eigenvalue weighted by molar-refractivity contribution is -0.318. The van der Waals surface area contributed by atoms with E-state index in [2.05, 4.69) is 35.8 Å². The molecule has 21 nitrogen and oxygen atoms in total. The third-order valence-electron chi connectivity index (χ3n) is 15.3. The summed E-state index contributed by atoms with van der Waals surface area (Å²) in [6, 6.07) is 6.83. The number of aliphatic hydroxyl groups is 5. The molecule has 2 aromatic heterocycles. The Morgan fingerprint density at radius 1 is 0.957 bits per heavy atom. The number of cyclic esters (lactones) is 1. The number of nitrogens with zero attached hydrogens (tertiary/aromatic N) is 8. The highest BCUT2D eigenvalue weighted by atomic mass is 16.7. The fourth-order valence-electron chi connectivity index (χ4n) is 10.9. The van der Waals surface area contributed by atoms with Gasteiger partial charge in [-0.05, 0) is 98.5 Å². The van der Waals surface area contributed by atoms with Gasteiger partial charge in [-0.2, -0.15) is 5.21 Å². The number of esters is 1. The van der Waals surface area contributed by atoms with E-state index in [9.17, 15) is 30.3 Å². The summed E-state index contributed by atoms with van der Waals surface area (Å²) in [4.78, 5) is 18.5. The number of methoxy groups -OCH3 is 1. The van der Waals surface area contributed by atoms with Crippen molar-refractivity contribution in [1.29, 1.82) is 0 Å². The second-order valence-electron chi connectivity index (χ2n) is 21.3. The minimum absolute atomic E-state index is 0.102. The Hall–Kier alpha value is -3.58. The van der Waals surface area contributed by atoms with Gasteiger partial charge in [0.1, 0.15) is 30.0 Å². The summed E-state index contributed by atoms with van der Waals surface area (Å²) in [5, 5.41) is 82.6. The summed E-state index contributed by atoms with van der Waals surface area (Å²) in [7, 11) is 5.28. The van der Waals surface area contributed by atoms with E-state index in [1.807, 2.05) is 70.2 Å². The van der Waals surface area contributed by atoms with Gasteiger partial charge in [0.2, 0.25) is 5.82 Å². The lowest BCUT2D eigenvalue weighted by atomic mass is 9.77. The molecule has 6 rings (SSSR count). The van der Waals surface area contributed by atoms with Gasteiger partial charge in [-0.25, -0.2) is 4.68 Å². The van der Waals surface area contributed by atoms with Crippen molar-refractivity contribution in [2.75, 3.05) is 34.3 Å². The van der Waals surface area contributed by atoms with Crippen molar-refractivity contribution in [3.63, 3.8) is 0 Å². The number of aromatic nitrogens is 7. The van der Waals surface area contributed by atoms with Crippen molar-refractivity contribution in [2.45, 2.75) is 198 Å². The number of likely N-dealkylation sites (N-methyl/N-ethyl adjacent to an activating group) is 2. The molecule has 3 fully saturated rings. The van der Waals surface area contributed by atoms with Crippen LogP contribution in [-0.4, -0.2) is 202 Å². The molecule has 0 bridgehead atoms. The van der Waals surface area contributed by atoms with E-state index < -0.39 is 102 Å². The number of nitrogens with one attached hydrogen (secondary N) is 1. The van der Waals surface area contributed by atoms with Crippen molar-refractivity contribution in [3.8, 4) is 11.4 Å². The number of H-pyrrole nitrogens is 1. The Labute approximate surface area is 412 Å². The van der Waals surface area contributed by atoms with Crippen LogP contribution in [-0.2, 0) is 46.2 Å². The first-order valence-electron chi connectivity index (χ1n) is 24.9. The largest absolute Gasteiger partial charge is 0.459 e. The van der Waals surface area contributed by atoms with E-state index >= 15 is 0 Å². The molecule has 0 saturated carbocycles. The van der Waals surface area contributed by atoms with Gasteiger partial charge in [0, 0.05) is 62.8 Å². The number of hydrogen-bond donors (Lipinski definition) is 6. The quantitative estimate of drug-likeness (QED) is 0.134. The first-order chi connectivity index (χ1) is 32.9. The van der Waals surface area contributed by atoms with Gasteiger partial charge in [0.05, 0.1) is 53.8 Å². The van der Waals surface area contributed by atoms with Crippen LogP contribution in [0.4, 0.5) is 0 Å². The molecule has 3 aromatic rings. The monoisotopic (exact) mass is 988 g/mol. The predicted molar refractivity (Wildman–Crippen MR) is 256 cm³/mol. The maximum absolute atomic E-state index is 14.5. The van der Waals surface area contributed by atoms with E-state index in [-0.39, 0.29) is 31.3 Å². The zero-order chi connectivity index (χ0) is 51.5. The number of aliphatic hydroxyl groups excluding tert-OH is 3. The molecular formula is C49H81N9O12. The number of hydrogen-bond acceptors (Lipinski definition) is 19. The molecule has 0 radical (unpaired) electrons. The van der Waals surface area contributed by atoms with Gasteiger partial charge >= 0.3 is 5.97 Å². The third kappa shape index (κ3) is 12.8. The van der Waals surface area contributed by atoms with Crippen molar-refractivity contribution in [2.24, 2.45) is 17.8 Å². The smallest absolute Gasteiger partial charge is 0.311 e. The Morgan fingerprint density at radius 2 is 1.66 bits per heavy atom. The fourth-order valence-corrected chi connectivity index (χ4v) is 10.9. The third-order valence-corrected chi connectivity index (χ3v) is 15.3. The molecule has 3 aliphatic heterocycles. The summed E-state index contributed by atoms with van der Waals surface area (Å²) in [6.07, 6.45) is -6.56. The van der Waals surface area contributed by atoms with E-state index in [1.54, 1.807) is 46.2 Å². The Bertz CT molecular complexity index is 2100. The molecule has 1 aromatic carbocycles. The molecule has 5 heterocycles. The summed E-state index contributed by atoms with van der Waals surface area (Å²) >= 11 is 0. The van der Waals surface area contributed by atoms with E-state index in [4.69, 9.17) is 28.4 Å².